The van der Waals surface area contributed by atoms with E-state index in [9.17, 15) is 14.7 Å². The summed E-state index contributed by atoms with van der Waals surface area (Å²) in [7, 11) is 1.74. The van der Waals surface area contributed by atoms with Gasteiger partial charge >= 0.3 is 12.1 Å². The van der Waals surface area contributed by atoms with E-state index in [0.29, 0.717) is 39.0 Å². The monoisotopic (exact) mass is 486 g/mol. The van der Waals surface area contributed by atoms with Gasteiger partial charge in [-0.2, -0.15) is 0 Å². The van der Waals surface area contributed by atoms with E-state index in [2.05, 4.69) is 12.2 Å². The lowest BCUT2D eigenvalue weighted by Gasteiger charge is -2.24. The van der Waals surface area contributed by atoms with Crippen molar-refractivity contribution in [3.8, 4) is 0 Å². The molecule has 34 heavy (non-hydrogen) atoms. The molecule has 7 heteroatoms. The summed E-state index contributed by atoms with van der Waals surface area (Å²) in [4.78, 5) is 25.3. The van der Waals surface area contributed by atoms with E-state index < -0.39 is 11.7 Å². The summed E-state index contributed by atoms with van der Waals surface area (Å²) in [5, 5.41) is 13.3. The fraction of sp³-hybridized carbons (Fsp3) is 0.926. The van der Waals surface area contributed by atoms with Crippen molar-refractivity contribution in [1.82, 2.24) is 10.2 Å². The van der Waals surface area contributed by atoms with E-state index in [4.69, 9.17) is 9.47 Å². The number of amides is 1. The van der Waals surface area contributed by atoms with E-state index in [1.807, 2.05) is 20.8 Å². The number of hydrogen-bond donors (Lipinski definition) is 2. The smallest absolute Gasteiger partial charge is 0.410 e. The maximum atomic E-state index is 11.9. The number of ether oxygens (including phenoxy) is 2. The minimum atomic E-state index is -0.479. The molecule has 1 amide bonds. The fourth-order valence-electron chi connectivity index (χ4n) is 3.55. The second kappa shape index (κ2) is 21.0. The molecule has 1 atom stereocenters. The largest absolute Gasteiger partial charge is 0.466 e. The normalized spacial score (nSPS) is 12.4. The van der Waals surface area contributed by atoms with Gasteiger partial charge in [0.05, 0.1) is 12.7 Å². The molecule has 0 saturated heterocycles. The third-order valence-electron chi connectivity index (χ3n) is 5.61. The van der Waals surface area contributed by atoms with E-state index in [-0.39, 0.29) is 12.1 Å². The Bertz CT molecular complexity index is 508. The first-order valence-corrected chi connectivity index (χ1v) is 13.6. The summed E-state index contributed by atoms with van der Waals surface area (Å²) < 4.78 is 10.6. The molecule has 202 valence electrons. The molecule has 0 aliphatic heterocycles. The van der Waals surface area contributed by atoms with Crippen molar-refractivity contribution in [3.63, 3.8) is 0 Å². The fourth-order valence-corrected chi connectivity index (χ4v) is 3.55. The van der Waals surface area contributed by atoms with Gasteiger partial charge in [0.25, 0.3) is 0 Å². The van der Waals surface area contributed by atoms with Crippen LogP contribution in [0.1, 0.15) is 118 Å². The number of aliphatic hydroxyl groups excluding tert-OH is 1. The first kappa shape index (κ1) is 32.7. The summed E-state index contributed by atoms with van der Waals surface area (Å²) in [6, 6.07) is 0. The van der Waals surface area contributed by atoms with E-state index in [1.165, 1.54) is 44.9 Å². The van der Waals surface area contributed by atoms with Crippen molar-refractivity contribution in [2.24, 2.45) is 0 Å². The Balaban J connectivity index is 3.50. The van der Waals surface area contributed by atoms with Crippen molar-refractivity contribution in [2.75, 3.05) is 33.3 Å². The minimum Gasteiger partial charge on any atom is -0.466 e. The van der Waals surface area contributed by atoms with E-state index in [0.717, 1.165) is 32.2 Å². The maximum Gasteiger partial charge on any atom is 0.410 e. The van der Waals surface area contributed by atoms with Gasteiger partial charge in [-0.05, 0) is 59.4 Å². The highest BCUT2D eigenvalue weighted by Gasteiger charge is 2.19. The number of aliphatic hydroxyl groups is 1. The zero-order valence-electron chi connectivity index (χ0n) is 22.8. The van der Waals surface area contributed by atoms with Gasteiger partial charge in [0.1, 0.15) is 5.60 Å². The number of nitrogens with one attached hydrogen (secondary N) is 1. The predicted octanol–water partition coefficient (Wildman–Crippen LogP) is 5.83. The third kappa shape index (κ3) is 22.5. The van der Waals surface area contributed by atoms with Gasteiger partial charge in [-0.25, -0.2) is 4.79 Å². The molecule has 1 unspecified atom stereocenters. The Morgan fingerprint density at radius 1 is 0.912 bits per heavy atom. The van der Waals surface area contributed by atoms with Crippen LogP contribution >= 0.6 is 0 Å². The van der Waals surface area contributed by atoms with E-state index in [1.54, 1.807) is 11.9 Å². The van der Waals surface area contributed by atoms with Gasteiger partial charge in [0.15, 0.2) is 0 Å². The Kier molecular flexibility index (Phi) is 20.2. The average Bonchev–Trinajstić information content (AvgIpc) is 2.76. The van der Waals surface area contributed by atoms with Gasteiger partial charge in [-0.15, -0.1) is 0 Å². The molecule has 0 aromatic carbocycles. The second-order valence-corrected chi connectivity index (χ2v) is 10.4. The molecule has 0 spiro atoms. The van der Waals surface area contributed by atoms with Crippen LogP contribution in [-0.4, -0.2) is 67.1 Å². The highest BCUT2D eigenvalue weighted by Crippen LogP contribution is 2.11. The van der Waals surface area contributed by atoms with Gasteiger partial charge in [-0.3, -0.25) is 4.79 Å². The number of rotatable bonds is 21. The van der Waals surface area contributed by atoms with Gasteiger partial charge in [-0.1, -0.05) is 58.3 Å². The number of carbonyl (C=O) groups excluding carboxylic acids is 2. The van der Waals surface area contributed by atoms with Crippen molar-refractivity contribution in [2.45, 2.75) is 129 Å². The second-order valence-electron chi connectivity index (χ2n) is 10.4. The molecule has 2 N–H and O–H groups in total. The lowest BCUT2D eigenvalue weighted by Crippen LogP contribution is -2.35. The Morgan fingerprint density at radius 2 is 1.53 bits per heavy atom. The Morgan fingerprint density at radius 3 is 2.15 bits per heavy atom. The lowest BCUT2D eigenvalue weighted by atomic mass is 10.1. The van der Waals surface area contributed by atoms with Crippen LogP contribution in [0.25, 0.3) is 0 Å². The van der Waals surface area contributed by atoms with Crippen LogP contribution in [0, 0.1) is 0 Å². The highest BCUT2D eigenvalue weighted by atomic mass is 16.6. The first-order valence-electron chi connectivity index (χ1n) is 13.6. The summed E-state index contributed by atoms with van der Waals surface area (Å²) in [5.74, 6) is -0.158. The molecular weight excluding hydrogens is 432 g/mol. The Labute approximate surface area is 209 Å². The quantitative estimate of drug-likeness (QED) is 0.157. The molecule has 0 aliphatic rings. The standard InChI is InChI=1S/C27H54N2O5/c1-6-7-8-9-10-11-12-13-16-22-33-25(31)19-17-18-24(30)23-28-20-14-15-21-29(5)26(32)34-27(2,3)4/h24,28,30H,6-23H2,1-5H3. The molecule has 0 aromatic rings. The maximum absolute atomic E-state index is 11.9. The van der Waals surface area contributed by atoms with E-state index >= 15 is 0 Å². The van der Waals surface area contributed by atoms with Gasteiger partial charge in [0.2, 0.25) is 0 Å². The predicted molar refractivity (Wildman–Crippen MR) is 139 cm³/mol. The van der Waals surface area contributed by atoms with Gasteiger partial charge < -0.3 is 24.8 Å². The number of esters is 1. The zero-order chi connectivity index (χ0) is 25.7. The van der Waals surface area contributed by atoms with Crippen LogP contribution in [0.15, 0.2) is 0 Å². The van der Waals surface area contributed by atoms with Crippen molar-refractivity contribution < 1.29 is 24.2 Å². The lowest BCUT2D eigenvalue weighted by molar-refractivity contribution is -0.144. The summed E-state index contributed by atoms with van der Waals surface area (Å²) in [6.07, 6.45) is 13.8. The highest BCUT2D eigenvalue weighted by molar-refractivity contribution is 5.69. The van der Waals surface area contributed by atoms with Crippen LogP contribution in [0.3, 0.4) is 0 Å². The number of carbonyl (C=O) groups is 2. The van der Waals surface area contributed by atoms with Crippen LogP contribution in [0.4, 0.5) is 4.79 Å². The molecule has 0 aliphatic carbocycles. The van der Waals surface area contributed by atoms with Crippen LogP contribution in [0.5, 0.6) is 0 Å². The minimum absolute atomic E-state index is 0.158. The topological polar surface area (TPSA) is 88.1 Å². The van der Waals surface area contributed by atoms with Crippen molar-refractivity contribution >= 4 is 12.1 Å². The van der Waals surface area contributed by atoms with Crippen molar-refractivity contribution in [3.05, 3.63) is 0 Å². The van der Waals surface area contributed by atoms with Crippen LogP contribution < -0.4 is 5.32 Å². The first-order chi connectivity index (χ1) is 16.2. The molecule has 0 saturated carbocycles. The van der Waals surface area contributed by atoms with Crippen LogP contribution in [-0.2, 0) is 14.3 Å². The SMILES string of the molecule is CCCCCCCCCCCOC(=O)CCCC(O)CNCCCCN(C)C(=O)OC(C)(C)C. The summed E-state index contributed by atoms with van der Waals surface area (Å²) >= 11 is 0. The zero-order valence-corrected chi connectivity index (χ0v) is 22.8. The summed E-state index contributed by atoms with van der Waals surface area (Å²) in [5.41, 5.74) is -0.479. The Hall–Kier alpha value is -1.34. The molecule has 0 bridgehead atoms. The number of unbranched alkanes of at least 4 members (excludes halogenated alkanes) is 9. The average molecular weight is 487 g/mol. The number of hydrogen-bond acceptors (Lipinski definition) is 6. The third-order valence-corrected chi connectivity index (χ3v) is 5.61. The molecule has 0 radical (unpaired) electrons. The van der Waals surface area contributed by atoms with Crippen molar-refractivity contribution in [1.29, 1.82) is 0 Å². The molecule has 7 nitrogen and oxygen atoms in total. The number of nitrogens with zero attached hydrogens (tertiary/aromatic N) is 1. The molecular formula is C27H54N2O5. The molecule has 0 heterocycles. The molecule has 0 rings (SSSR count). The van der Waals surface area contributed by atoms with Gasteiger partial charge in [0, 0.05) is 26.6 Å². The summed E-state index contributed by atoms with van der Waals surface area (Å²) in [6.45, 7) is 10.3. The molecule has 0 fully saturated rings. The molecule has 0 aromatic heterocycles. The van der Waals surface area contributed by atoms with Crippen LogP contribution in [0.2, 0.25) is 0 Å².